The number of carboxylic acid groups (broad SMARTS) is 1. The number of nitrogens with one attached hydrogen (secondary N) is 1. The summed E-state index contributed by atoms with van der Waals surface area (Å²) in [5.74, 6) is -2.80. The zero-order chi connectivity index (χ0) is 7.44. The fourth-order valence-electron chi connectivity index (χ4n) is 0.251. The summed E-state index contributed by atoms with van der Waals surface area (Å²) in [4.78, 5) is 19.8. The summed E-state index contributed by atoms with van der Waals surface area (Å²) in [6.45, 7) is 1.25. The van der Waals surface area contributed by atoms with E-state index in [4.69, 9.17) is 10.2 Å². The molecular formula is C4H7NO4. The van der Waals surface area contributed by atoms with Gasteiger partial charge in [0.05, 0.1) is 0 Å². The van der Waals surface area contributed by atoms with E-state index < -0.39 is 18.1 Å². The fourth-order valence-corrected chi connectivity index (χ4v) is 0.251. The molecule has 1 amide bonds. The van der Waals surface area contributed by atoms with Crippen LogP contribution in [0.4, 0.5) is 0 Å². The summed E-state index contributed by atoms with van der Waals surface area (Å²) in [5.41, 5.74) is 0. The van der Waals surface area contributed by atoms with Gasteiger partial charge in [0, 0.05) is 0 Å². The minimum absolute atomic E-state index is 1.12. The Balaban J connectivity index is 3.65. The third kappa shape index (κ3) is 3.48. The monoisotopic (exact) mass is 133 g/mol. The molecule has 9 heavy (non-hydrogen) atoms. The minimum atomic E-state index is -1.60. The first-order valence-corrected chi connectivity index (χ1v) is 2.26. The number of hydrogen-bond acceptors (Lipinski definition) is 3. The van der Waals surface area contributed by atoms with Crippen LogP contribution in [-0.4, -0.2) is 28.3 Å². The van der Waals surface area contributed by atoms with E-state index in [1.165, 1.54) is 6.92 Å². The van der Waals surface area contributed by atoms with Crippen molar-refractivity contribution in [1.82, 2.24) is 5.32 Å². The van der Waals surface area contributed by atoms with E-state index in [9.17, 15) is 9.59 Å². The van der Waals surface area contributed by atoms with Crippen LogP contribution in [0.25, 0.3) is 0 Å². The van der Waals surface area contributed by atoms with Crippen LogP contribution in [0.5, 0.6) is 0 Å². The average Bonchev–Trinajstić information content (AvgIpc) is 1.63. The maximum atomic E-state index is 10.1. The molecular weight excluding hydrogens is 126 g/mol. The van der Waals surface area contributed by atoms with Gasteiger partial charge in [0.2, 0.25) is 0 Å². The molecule has 0 aromatic heterocycles. The van der Waals surface area contributed by atoms with Gasteiger partial charge in [0.1, 0.15) is 6.23 Å². The highest BCUT2D eigenvalue weighted by Gasteiger charge is 2.11. The van der Waals surface area contributed by atoms with Crippen LogP contribution < -0.4 is 5.32 Å². The number of carbonyl (C=O) groups is 2. The number of carboxylic acids is 1. The molecule has 3 N–H and O–H groups in total. The van der Waals surface area contributed by atoms with Crippen molar-refractivity contribution < 1.29 is 19.8 Å². The predicted molar refractivity (Wildman–Crippen MR) is 27.5 cm³/mol. The molecule has 5 heteroatoms. The first kappa shape index (κ1) is 7.90. The molecule has 0 aliphatic carbocycles. The Bertz CT molecular complexity index is 131. The number of hydrogen-bond donors (Lipinski definition) is 3. The van der Waals surface area contributed by atoms with Crippen LogP contribution in [0.3, 0.4) is 0 Å². The van der Waals surface area contributed by atoms with Gasteiger partial charge in [-0.2, -0.15) is 0 Å². The smallest absolute Gasteiger partial charge is 0.394 e. The van der Waals surface area contributed by atoms with E-state index in [0.717, 1.165) is 0 Å². The normalized spacial score (nSPS) is 12.2. The lowest BCUT2D eigenvalue weighted by Crippen LogP contribution is -2.37. The lowest BCUT2D eigenvalue weighted by Gasteiger charge is -2.01. The van der Waals surface area contributed by atoms with Crippen LogP contribution in [0.1, 0.15) is 6.92 Å². The van der Waals surface area contributed by atoms with Gasteiger partial charge in [-0.3, -0.25) is 4.79 Å². The van der Waals surface area contributed by atoms with E-state index in [-0.39, 0.29) is 0 Å². The predicted octanol–water partition coefficient (Wildman–Crippen LogP) is -1.47. The maximum Gasteiger partial charge on any atom is 0.394 e. The number of aliphatic hydroxyl groups excluding tert-OH is 1. The van der Waals surface area contributed by atoms with Gasteiger partial charge in [-0.1, -0.05) is 0 Å². The summed E-state index contributed by atoms with van der Waals surface area (Å²) < 4.78 is 0. The number of amides is 1. The summed E-state index contributed by atoms with van der Waals surface area (Å²) in [6, 6.07) is 0. The second-order valence-electron chi connectivity index (χ2n) is 1.45. The first-order chi connectivity index (χ1) is 4.04. The van der Waals surface area contributed by atoms with Gasteiger partial charge in [0.25, 0.3) is 0 Å². The molecule has 1 atom stereocenters. The molecule has 5 nitrogen and oxygen atoms in total. The molecule has 0 fully saturated rings. The van der Waals surface area contributed by atoms with Gasteiger partial charge >= 0.3 is 11.9 Å². The molecule has 0 aromatic rings. The van der Waals surface area contributed by atoms with Crippen molar-refractivity contribution in [2.75, 3.05) is 0 Å². The SMILES string of the molecule is CC(O)NC(=O)C(=O)O. The Morgan fingerprint density at radius 1 is 1.56 bits per heavy atom. The van der Waals surface area contributed by atoms with Gasteiger partial charge < -0.3 is 15.5 Å². The number of aliphatic hydroxyl groups is 1. The molecule has 0 aliphatic heterocycles. The fraction of sp³-hybridized carbons (Fsp3) is 0.500. The summed E-state index contributed by atoms with van der Waals surface area (Å²) in [7, 11) is 0. The van der Waals surface area contributed by atoms with Crippen molar-refractivity contribution in [2.45, 2.75) is 13.2 Å². The Hall–Kier alpha value is -1.10. The quantitative estimate of drug-likeness (QED) is 0.301. The van der Waals surface area contributed by atoms with E-state index in [1.54, 1.807) is 5.32 Å². The lowest BCUT2D eigenvalue weighted by atomic mass is 10.5. The van der Waals surface area contributed by atoms with Crippen molar-refractivity contribution in [3.8, 4) is 0 Å². The van der Waals surface area contributed by atoms with E-state index >= 15 is 0 Å². The second kappa shape index (κ2) is 3.03. The Labute approximate surface area is 51.3 Å². The molecule has 0 heterocycles. The standard InChI is InChI=1S/C4H7NO4/c1-2(6)5-3(7)4(8)9/h2,6H,1H3,(H,5,7)(H,8,9). The largest absolute Gasteiger partial charge is 0.474 e. The molecule has 0 radical (unpaired) electrons. The molecule has 0 rings (SSSR count). The molecule has 1 unspecified atom stereocenters. The average molecular weight is 133 g/mol. The molecule has 0 aliphatic rings. The van der Waals surface area contributed by atoms with Crippen LogP contribution >= 0.6 is 0 Å². The molecule has 52 valence electrons. The van der Waals surface area contributed by atoms with Crippen molar-refractivity contribution in [3.05, 3.63) is 0 Å². The first-order valence-electron chi connectivity index (χ1n) is 2.26. The van der Waals surface area contributed by atoms with Crippen molar-refractivity contribution >= 4 is 11.9 Å². The highest BCUT2D eigenvalue weighted by molar-refractivity contribution is 6.31. The number of rotatable bonds is 1. The maximum absolute atomic E-state index is 10.1. The van der Waals surface area contributed by atoms with Crippen molar-refractivity contribution in [1.29, 1.82) is 0 Å². The van der Waals surface area contributed by atoms with Crippen LogP contribution in [0.2, 0.25) is 0 Å². The summed E-state index contributed by atoms with van der Waals surface area (Å²) in [6.07, 6.45) is -1.12. The van der Waals surface area contributed by atoms with Crippen LogP contribution in [0.15, 0.2) is 0 Å². The molecule has 0 saturated heterocycles. The molecule has 0 spiro atoms. The summed E-state index contributed by atoms with van der Waals surface area (Å²) >= 11 is 0. The van der Waals surface area contributed by atoms with E-state index in [2.05, 4.69) is 0 Å². The van der Waals surface area contributed by atoms with Crippen molar-refractivity contribution in [3.63, 3.8) is 0 Å². The zero-order valence-corrected chi connectivity index (χ0v) is 4.79. The second-order valence-corrected chi connectivity index (χ2v) is 1.45. The third-order valence-corrected chi connectivity index (χ3v) is 0.534. The molecule has 0 saturated carbocycles. The van der Waals surface area contributed by atoms with Crippen molar-refractivity contribution in [2.24, 2.45) is 0 Å². The van der Waals surface area contributed by atoms with Gasteiger partial charge in [-0.25, -0.2) is 4.79 Å². The third-order valence-electron chi connectivity index (χ3n) is 0.534. The van der Waals surface area contributed by atoms with Crippen LogP contribution in [-0.2, 0) is 9.59 Å². The van der Waals surface area contributed by atoms with E-state index in [0.29, 0.717) is 0 Å². The Kier molecular flexibility index (Phi) is 2.66. The minimum Gasteiger partial charge on any atom is -0.474 e. The van der Waals surface area contributed by atoms with Gasteiger partial charge in [-0.05, 0) is 6.92 Å². The molecule has 0 bridgehead atoms. The topological polar surface area (TPSA) is 86.6 Å². The molecule has 0 aromatic carbocycles. The Morgan fingerprint density at radius 3 is 2.11 bits per heavy atom. The highest BCUT2D eigenvalue weighted by atomic mass is 16.4. The number of aliphatic carboxylic acids is 1. The zero-order valence-electron chi connectivity index (χ0n) is 4.79. The highest BCUT2D eigenvalue weighted by Crippen LogP contribution is 1.71. The Morgan fingerprint density at radius 2 is 2.00 bits per heavy atom. The van der Waals surface area contributed by atoms with E-state index in [1.807, 2.05) is 0 Å². The summed E-state index contributed by atoms with van der Waals surface area (Å²) in [5, 5.41) is 18.0. The van der Waals surface area contributed by atoms with Crippen LogP contribution in [0, 0.1) is 0 Å². The lowest BCUT2D eigenvalue weighted by molar-refractivity contribution is -0.151. The number of carbonyl (C=O) groups excluding carboxylic acids is 1. The van der Waals surface area contributed by atoms with Gasteiger partial charge in [0.15, 0.2) is 0 Å². The van der Waals surface area contributed by atoms with Gasteiger partial charge in [-0.15, -0.1) is 0 Å².